The minimum atomic E-state index is -0.787. The second-order valence-electron chi connectivity index (χ2n) is 11.0. The predicted octanol–water partition coefficient (Wildman–Crippen LogP) is 5.36. The first-order valence-electron chi connectivity index (χ1n) is 13.5. The summed E-state index contributed by atoms with van der Waals surface area (Å²) in [7, 11) is 0. The van der Waals surface area contributed by atoms with Gasteiger partial charge in [-0.2, -0.15) is 0 Å². The topological polar surface area (TPSA) is 114 Å². The standard InChI is InChI=1S/C30H38ClN3O5S/c1-19(2)15-25(28(37)33-24(18-35)16-21-13-14-32-27(21)36)40-34-29(38)39-26(20-9-6-5-7-10-20)30(3,4)22-11-8-12-23(31)17-22/h5-12,17-19,21,24-26H,13-16H2,1-4H3,(H,32,36)(H,33,37)(H,34,38)/t21-,24-,25-,26+/m0/s1. The van der Waals surface area contributed by atoms with Crippen LogP contribution in [-0.2, 0) is 24.5 Å². The van der Waals surface area contributed by atoms with Gasteiger partial charge < -0.3 is 20.2 Å². The van der Waals surface area contributed by atoms with Crippen molar-refractivity contribution in [2.45, 2.75) is 69.8 Å². The molecule has 10 heteroatoms. The van der Waals surface area contributed by atoms with E-state index >= 15 is 0 Å². The van der Waals surface area contributed by atoms with Crippen LogP contribution < -0.4 is 15.4 Å². The zero-order valence-corrected chi connectivity index (χ0v) is 24.9. The highest BCUT2D eigenvalue weighted by Gasteiger charge is 2.36. The summed E-state index contributed by atoms with van der Waals surface area (Å²) >= 11 is 7.22. The molecule has 1 aliphatic heterocycles. The van der Waals surface area contributed by atoms with Crippen molar-refractivity contribution in [2.24, 2.45) is 11.8 Å². The van der Waals surface area contributed by atoms with Crippen molar-refractivity contribution in [3.63, 3.8) is 0 Å². The lowest BCUT2D eigenvalue weighted by molar-refractivity contribution is -0.126. The highest BCUT2D eigenvalue weighted by molar-refractivity contribution is 7.99. The second-order valence-corrected chi connectivity index (χ2v) is 12.5. The van der Waals surface area contributed by atoms with Crippen LogP contribution in [0.2, 0.25) is 5.02 Å². The smallest absolute Gasteiger partial charge is 0.417 e. The molecule has 2 aromatic carbocycles. The fourth-order valence-corrected chi connectivity index (χ4v) is 5.92. The number of hydrogen-bond acceptors (Lipinski definition) is 6. The maximum absolute atomic E-state index is 13.1. The van der Waals surface area contributed by atoms with E-state index in [1.165, 1.54) is 0 Å². The highest BCUT2D eigenvalue weighted by Crippen LogP contribution is 2.40. The molecule has 40 heavy (non-hydrogen) atoms. The monoisotopic (exact) mass is 587 g/mol. The van der Waals surface area contributed by atoms with E-state index in [9.17, 15) is 19.2 Å². The molecule has 0 unspecified atom stereocenters. The molecule has 3 N–H and O–H groups in total. The van der Waals surface area contributed by atoms with Crippen molar-refractivity contribution in [1.29, 1.82) is 0 Å². The van der Waals surface area contributed by atoms with Crippen molar-refractivity contribution in [2.75, 3.05) is 6.54 Å². The number of halogens is 1. The van der Waals surface area contributed by atoms with Gasteiger partial charge in [0.05, 0.1) is 6.04 Å². The van der Waals surface area contributed by atoms with Crippen molar-refractivity contribution >= 4 is 47.7 Å². The van der Waals surface area contributed by atoms with Gasteiger partial charge in [0.1, 0.15) is 17.6 Å². The highest BCUT2D eigenvalue weighted by atomic mass is 35.5. The SMILES string of the molecule is CC(C)C[C@H](SNC(=O)O[C@H](c1ccccc1)C(C)(C)c1cccc(Cl)c1)C(=O)N[C@H](C=O)C[C@@H]1CCNC1=O. The molecule has 0 bridgehead atoms. The lowest BCUT2D eigenvalue weighted by Crippen LogP contribution is -2.44. The average molecular weight is 588 g/mol. The molecule has 8 nitrogen and oxygen atoms in total. The number of nitrogens with one attached hydrogen (secondary N) is 3. The first-order valence-corrected chi connectivity index (χ1v) is 14.7. The molecular formula is C30H38ClN3O5S. The van der Waals surface area contributed by atoms with Crippen LogP contribution in [0, 0.1) is 11.8 Å². The summed E-state index contributed by atoms with van der Waals surface area (Å²) in [5.74, 6) is -0.645. The number of amides is 3. The third kappa shape index (κ3) is 8.73. The molecule has 0 saturated carbocycles. The van der Waals surface area contributed by atoms with Gasteiger partial charge in [0.2, 0.25) is 11.8 Å². The van der Waals surface area contributed by atoms with Crippen molar-refractivity contribution < 1.29 is 23.9 Å². The van der Waals surface area contributed by atoms with E-state index in [4.69, 9.17) is 16.3 Å². The molecular weight excluding hydrogens is 550 g/mol. The second kappa shape index (κ2) is 14.6. The molecule has 4 atom stereocenters. The fraction of sp³-hybridized carbons (Fsp3) is 0.467. The Morgan fingerprint density at radius 2 is 1.90 bits per heavy atom. The lowest BCUT2D eigenvalue weighted by Gasteiger charge is -2.35. The maximum Gasteiger partial charge on any atom is 0.417 e. The molecule has 3 amide bonds. The molecule has 1 aliphatic rings. The van der Waals surface area contributed by atoms with E-state index in [-0.39, 0.29) is 30.1 Å². The summed E-state index contributed by atoms with van der Waals surface area (Å²) in [6.45, 7) is 8.47. The number of carbonyl (C=O) groups excluding carboxylic acids is 4. The summed E-state index contributed by atoms with van der Waals surface area (Å²) in [5, 5.41) is 5.42. The van der Waals surface area contributed by atoms with Crippen molar-refractivity contribution in [1.82, 2.24) is 15.4 Å². The Bertz CT molecular complexity index is 1180. The minimum Gasteiger partial charge on any atom is -0.440 e. The Hall–Kier alpha value is -3.04. The zero-order chi connectivity index (χ0) is 29.3. The molecule has 1 saturated heterocycles. The average Bonchev–Trinajstić information content (AvgIpc) is 3.33. The molecule has 0 spiro atoms. The molecule has 1 fully saturated rings. The molecule has 0 aromatic heterocycles. The summed E-state index contributed by atoms with van der Waals surface area (Å²) in [6.07, 6.45) is 0.650. The first-order chi connectivity index (χ1) is 19.0. The Morgan fingerprint density at radius 3 is 2.50 bits per heavy atom. The number of rotatable bonds is 13. The van der Waals surface area contributed by atoms with Crippen LogP contribution >= 0.6 is 23.5 Å². The van der Waals surface area contributed by atoms with Gasteiger partial charge in [-0.15, -0.1) is 0 Å². The van der Waals surface area contributed by atoms with Gasteiger partial charge in [-0.05, 0) is 60.4 Å². The zero-order valence-electron chi connectivity index (χ0n) is 23.3. The van der Waals surface area contributed by atoms with Crippen LogP contribution in [0.15, 0.2) is 54.6 Å². The molecule has 0 aliphatic carbocycles. The van der Waals surface area contributed by atoms with Crippen molar-refractivity contribution in [3.8, 4) is 0 Å². The maximum atomic E-state index is 13.1. The predicted molar refractivity (Wildman–Crippen MR) is 158 cm³/mol. The molecule has 3 rings (SSSR count). The summed E-state index contributed by atoms with van der Waals surface area (Å²) in [5.41, 5.74) is 1.09. The summed E-state index contributed by atoms with van der Waals surface area (Å²) in [6, 6.07) is 16.1. The first kappa shape index (κ1) is 31.5. The van der Waals surface area contributed by atoms with E-state index in [0.29, 0.717) is 30.7 Å². The van der Waals surface area contributed by atoms with Crippen LogP contribution in [0.4, 0.5) is 4.79 Å². The number of carbonyl (C=O) groups is 4. The van der Waals surface area contributed by atoms with Crippen molar-refractivity contribution in [3.05, 3.63) is 70.7 Å². The van der Waals surface area contributed by atoms with Gasteiger partial charge in [0.25, 0.3) is 0 Å². The molecule has 2 aromatic rings. The Balaban J connectivity index is 1.70. The quantitative estimate of drug-likeness (QED) is 0.215. The van der Waals surface area contributed by atoms with Gasteiger partial charge in [-0.1, -0.05) is 81.8 Å². The van der Waals surface area contributed by atoms with Crippen LogP contribution in [0.5, 0.6) is 0 Å². The fourth-order valence-electron chi connectivity index (χ4n) is 4.79. The molecule has 216 valence electrons. The number of aldehydes is 1. The third-order valence-electron chi connectivity index (χ3n) is 7.01. The lowest BCUT2D eigenvalue weighted by atomic mass is 9.76. The van der Waals surface area contributed by atoms with E-state index in [2.05, 4.69) is 15.4 Å². The van der Waals surface area contributed by atoms with Crippen LogP contribution in [0.3, 0.4) is 0 Å². The Labute approximate surface area is 245 Å². The van der Waals surface area contributed by atoms with Crippen LogP contribution in [-0.4, -0.2) is 42.0 Å². The van der Waals surface area contributed by atoms with E-state index in [1.54, 1.807) is 6.07 Å². The van der Waals surface area contributed by atoms with E-state index < -0.39 is 28.9 Å². The van der Waals surface area contributed by atoms with E-state index in [0.717, 1.165) is 23.1 Å². The minimum absolute atomic E-state index is 0.104. The number of ether oxygens (including phenoxy) is 1. The largest absolute Gasteiger partial charge is 0.440 e. The van der Waals surface area contributed by atoms with E-state index in [1.807, 2.05) is 76.2 Å². The van der Waals surface area contributed by atoms with Crippen LogP contribution in [0.25, 0.3) is 0 Å². The van der Waals surface area contributed by atoms with Gasteiger partial charge in [0.15, 0.2) is 0 Å². The molecule has 0 radical (unpaired) electrons. The molecule has 1 heterocycles. The van der Waals surface area contributed by atoms with Gasteiger partial charge in [0, 0.05) is 22.9 Å². The number of benzene rings is 2. The Morgan fingerprint density at radius 1 is 1.18 bits per heavy atom. The summed E-state index contributed by atoms with van der Waals surface area (Å²) in [4.78, 5) is 49.9. The van der Waals surface area contributed by atoms with Gasteiger partial charge >= 0.3 is 6.09 Å². The third-order valence-corrected chi connectivity index (χ3v) is 8.22. The Kier molecular flexibility index (Phi) is 11.5. The normalized spacial score (nSPS) is 17.4. The van der Waals surface area contributed by atoms with Crippen LogP contribution in [0.1, 0.15) is 64.2 Å². The van der Waals surface area contributed by atoms with Gasteiger partial charge in [-0.25, -0.2) is 4.79 Å². The van der Waals surface area contributed by atoms with Gasteiger partial charge in [-0.3, -0.25) is 14.3 Å². The summed E-state index contributed by atoms with van der Waals surface area (Å²) < 4.78 is 8.68. The number of hydrogen-bond donors (Lipinski definition) is 3.